The highest BCUT2D eigenvalue weighted by Gasteiger charge is 1.99. The van der Waals surface area contributed by atoms with E-state index in [9.17, 15) is 10.2 Å². The van der Waals surface area contributed by atoms with Gasteiger partial charge in [0.2, 0.25) is 0 Å². The fraction of sp³-hybridized carbons (Fsp3) is 0.524. The fourth-order valence-electron chi connectivity index (χ4n) is 2.60. The minimum absolute atomic E-state index is 0.149. The molecule has 1 aromatic carbocycles. The van der Waals surface area contributed by atoms with Gasteiger partial charge in [-0.25, -0.2) is 0 Å². The molecule has 0 fully saturated rings. The van der Waals surface area contributed by atoms with E-state index in [0.717, 1.165) is 24.8 Å². The van der Waals surface area contributed by atoms with E-state index >= 15 is 0 Å². The Kier molecular flexibility index (Phi) is 10.8. The molecular formula is C21H32O2. The molecule has 0 aromatic heterocycles. The zero-order valence-electron chi connectivity index (χ0n) is 14.5. The van der Waals surface area contributed by atoms with Crippen LogP contribution < -0.4 is 0 Å². The molecular weight excluding hydrogens is 284 g/mol. The molecule has 0 aliphatic carbocycles. The topological polar surface area (TPSA) is 40.5 Å². The first-order valence-corrected chi connectivity index (χ1v) is 9.04. The zero-order chi connectivity index (χ0) is 16.8. The molecule has 1 aromatic rings. The van der Waals surface area contributed by atoms with Crippen LogP contribution in [0.15, 0.2) is 42.5 Å². The van der Waals surface area contributed by atoms with Gasteiger partial charge in [0, 0.05) is 6.07 Å². The first kappa shape index (κ1) is 19.3. The molecule has 1 rings (SSSR count). The third-order valence-electron chi connectivity index (χ3n) is 3.86. The molecule has 128 valence electrons. The van der Waals surface area contributed by atoms with Crippen LogP contribution in [0.1, 0.15) is 70.3 Å². The van der Waals surface area contributed by atoms with Crippen LogP contribution in [0.5, 0.6) is 11.5 Å². The van der Waals surface area contributed by atoms with Gasteiger partial charge in [0.15, 0.2) is 0 Å². The number of hydrogen-bond acceptors (Lipinski definition) is 2. The molecule has 2 nitrogen and oxygen atoms in total. The summed E-state index contributed by atoms with van der Waals surface area (Å²) < 4.78 is 0. The Morgan fingerprint density at radius 2 is 1.35 bits per heavy atom. The molecule has 0 saturated heterocycles. The van der Waals surface area contributed by atoms with E-state index in [1.807, 2.05) is 0 Å². The zero-order valence-corrected chi connectivity index (χ0v) is 14.5. The molecule has 0 spiro atoms. The maximum absolute atomic E-state index is 9.43. The van der Waals surface area contributed by atoms with E-state index in [1.165, 1.54) is 51.0 Å². The summed E-state index contributed by atoms with van der Waals surface area (Å²) in [6.07, 6.45) is 20.8. The third-order valence-corrected chi connectivity index (χ3v) is 3.86. The van der Waals surface area contributed by atoms with Crippen LogP contribution in [0.25, 0.3) is 0 Å². The maximum atomic E-state index is 9.43. The number of benzene rings is 1. The van der Waals surface area contributed by atoms with Crippen LogP contribution in [0.4, 0.5) is 0 Å². The molecule has 0 heterocycles. The van der Waals surface area contributed by atoms with Gasteiger partial charge in [-0.15, -0.1) is 0 Å². The van der Waals surface area contributed by atoms with Crippen LogP contribution in [0.3, 0.4) is 0 Å². The molecule has 2 N–H and O–H groups in total. The summed E-state index contributed by atoms with van der Waals surface area (Å²) in [6.45, 7) is 2.20. The Morgan fingerprint density at radius 3 is 2.04 bits per heavy atom. The van der Waals surface area contributed by atoms with Crippen molar-refractivity contribution in [2.75, 3.05) is 0 Å². The second-order valence-corrected chi connectivity index (χ2v) is 6.13. The number of rotatable bonds is 12. The van der Waals surface area contributed by atoms with Gasteiger partial charge in [-0.2, -0.15) is 0 Å². The molecule has 2 heteroatoms. The third kappa shape index (κ3) is 10.6. The van der Waals surface area contributed by atoms with Crippen LogP contribution in [-0.2, 0) is 6.42 Å². The van der Waals surface area contributed by atoms with E-state index in [1.54, 1.807) is 12.1 Å². The number of hydrogen-bond donors (Lipinski definition) is 2. The maximum Gasteiger partial charge on any atom is 0.119 e. The summed E-state index contributed by atoms with van der Waals surface area (Å²) in [5.41, 5.74) is 1.02. The molecule has 0 amide bonds. The van der Waals surface area contributed by atoms with Gasteiger partial charge in [0.1, 0.15) is 11.5 Å². The summed E-state index contributed by atoms with van der Waals surface area (Å²) in [4.78, 5) is 0. The quantitative estimate of drug-likeness (QED) is 0.352. The SMILES string of the molecule is CCC/C=C/C/C=C/CCCCCCCc1cc(O)cc(O)c1. The minimum atomic E-state index is 0.149. The molecule has 0 aliphatic heterocycles. The predicted molar refractivity (Wildman–Crippen MR) is 99.0 cm³/mol. The van der Waals surface area contributed by atoms with Gasteiger partial charge >= 0.3 is 0 Å². The second-order valence-electron chi connectivity index (χ2n) is 6.13. The van der Waals surface area contributed by atoms with Gasteiger partial charge in [-0.05, 0) is 56.2 Å². The number of allylic oxidation sites excluding steroid dienone is 4. The van der Waals surface area contributed by atoms with Crippen molar-refractivity contribution in [1.82, 2.24) is 0 Å². The van der Waals surface area contributed by atoms with Crippen molar-refractivity contribution in [2.45, 2.75) is 71.1 Å². The van der Waals surface area contributed by atoms with E-state index < -0.39 is 0 Å². The summed E-state index contributed by atoms with van der Waals surface area (Å²) in [5.74, 6) is 0.299. The van der Waals surface area contributed by atoms with Crippen molar-refractivity contribution in [3.05, 3.63) is 48.1 Å². The number of unbranched alkanes of at least 4 members (excludes halogenated alkanes) is 6. The van der Waals surface area contributed by atoms with E-state index in [0.29, 0.717) is 0 Å². The average molecular weight is 316 g/mol. The van der Waals surface area contributed by atoms with Crippen LogP contribution in [-0.4, -0.2) is 10.2 Å². The molecule has 0 atom stereocenters. The number of phenols is 2. The van der Waals surface area contributed by atoms with E-state index in [2.05, 4.69) is 31.2 Å². The second kappa shape index (κ2) is 12.8. The van der Waals surface area contributed by atoms with Gasteiger partial charge in [-0.1, -0.05) is 56.9 Å². The van der Waals surface area contributed by atoms with Crippen molar-refractivity contribution in [2.24, 2.45) is 0 Å². The normalized spacial score (nSPS) is 11.7. The van der Waals surface area contributed by atoms with Gasteiger partial charge in [-0.3, -0.25) is 0 Å². The van der Waals surface area contributed by atoms with Gasteiger partial charge < -0.3 is 10.2 Å². The lowest BCUT2D eigenvalue weighted by molar-refractivity contribution is 0.449. The minimum Gasteiger partial charge on any atom is -0.508 e. The molecule has 0 aliphatic rings. The van der Waals surface area contributed by atoms with Crippen LogP contribution in [0, 0.1) is 0 Å². The molecule has 0 radical (unpaired) electrons. The van der Waals surface area contributed by atoms with Gasteiger partial charge in [0.05, 0.1) is 0 Å². The predicted octanol–water partition coefficient (Wildman–Crippen LogP) is 6.28. The summed E-state index contributed by atoms with van der Waals surface area (Å²) in [5, 5.41) is 18.9. The Bertz CT molecular complexity index is 454. The van der Waals surface area contributed by atoms with Gasteiger partial charge in [0.25, 0.3) is 0 Å². The molecule has 0 unspecified atom stereocenters. The number of aryl methyl sites for hydroxylation is 1. The highest BCUT2D eigenvalue weighted by atomic mass is 16.3. The van der Waals surface area contributed by atoms with E-state index in [4.69, 9.17) is 0 Å². The Labute approximate surface area is 141 Å². The Morgan fingerprint density at radius 1 is 0.739 bits per heavy atom. The number of aromatic hydroxyl groups is 2. The lowest BCUT2D eigenvalue weighted by Gasteiger charge is -2.04. The van der Waals surface area contributed by atoms with Crippen molar-refractivity contribution in [3.8, 4) is 11.5 Å². The van der Waals surface area contributed by atoms with Crippen molar-refractivity contribution < 1.29 is 10.2 Å². The summed E-state index contributed by atoms with van der Waals surface area (Å²) >= 11 is 0. The van der Waals surface area contributed by atoms with Crippen molar-refractivity contribution in [1.29, 1.82) is 0 Å². The lowest BCUT2D eigenvalue weighted by atomic mass is 10.0. The highest BCUT2D eigenvalue weighted by molar-refractivity contribution is 5.36. The first-order chi connectivity index (χ1) is 11.2. The first-order valence-electron chi connectivity index (χ1n) is 9.04. The van der Waals surface area contributed by atoms with Crippen molar-refractivity contribution >= 4 is 0 Å². The van der Waals surface area contributed by atoms with Crippen molar-refractivity contribution in [3.63, 3.8) is 0 Å². The molecule has 23 heavy (non-hydrogen) atoms. The highest BCUT2D eigenvalue weighted by Crippen LogP contribution is 2.22. The summed E-state index contributed by atoms with van der Waals surface area (Å²) in [6, 6.07) is 4.84. The summed E-state index contributed by atoms with van der Waals surface area (Å²) in [7, 11) is 0. The largest absolute Gasteiger partial charge is 0.508 e. The lowest BCUT2D eigenvalue weighted by Crippen LogP contribution is -1.86. The Balaban J connectivity index is 1.96. The molecule has 0 saturated carbocycles. The van der Waals surface area contributed by atoms with E-state index in [-0.39, 0.29) is 11.5 Å². The van der Waals surface area contributed by atoms with Crippen LogP contribution in [0.2, 0.25) is 0 Å². The number of phenolic OH excluding ortho intramolecular Hbond substituents is 2. The standard InChI is InChI=1S/C21H32O2/c1-2-3-4-5-6-7-8-9-10-11-12-13-14-15-19-16-20(22)18-21(23)17-19/h4-5,7-8,16-18,22-23H,2-3,6,9-15H2,1H3/b5-4+,8-7+. The van der Waals surface area contributed by atoms with Crippen LogP contribution >= 0.6 is 0 Å². The smallest absolute Gasteiger partial charge is 0.119 e. The monoisotopic (exact) mass is 316 g/mol. The average Bonchev–Trinajstić information content (AvgIpc) is 2.51. The fourth-order valence-corrected chi connectivity index (χ4v) is 2.60. The Hall–Kier alpha value is -1.70. The molecule has 0 bridgehead atoms.